The van der Waals surface area contributed by atoms with Gasteiger partial charge in [-0.1, -0.05) is 0 Å². The van der Waals surface area contributed by atoms with Crippen LogP contribution in [0.5, 0.6) is 11.5 Å². The number of nitrogens with two attached hydrogens (primary N) is 2. The van der Waals surface area contributed by atoms with Gasteiger partial charge < -0.3 is 25.7 Å². The molecule has 0 saturated carbocycles. The van der Waals surface area contributed by atoms with Crippen LogP contribution in [0.3, 0.4) is 0 Å². The molecule has 8 heteroatoms. The molecule has 0 radical (unpaired) electrons. The van der Waals surface area contributed by atoms with Gasteiger partial charge in [0.1, 0.15) is 0 Å². The van der Waals surface area contributed by atoms with Gasteiger partial charge in [-0.25, -0.2) is 4.79 Å². The highest BCUT2D eigenvalue weighted by atomic mass is 16.6. The Labute approximate surface area is 116 Å². The zero-order chi connectivity index (χ0) is 15.0. The molecule has 0 spiro atoms. The molecule has 4 N–H and O–H groups in total. The van der Waals surface area contributed by atoms with Crippen LogP contribution in [0.4, 0.5) is 0 Å². The number of hydrogen-bond donors (Lipinski definition) is 2. The standard InChI is InChI=1S/C12H16N4O4/c1-18-10-5-8(6-15-16-12(13)14)3-4-9(10)20-7-11(17)19-2/h3-6H,7H2,1-2H3,(H4,13,14,16). The maximum absolute atomic E-state index is 11.0. The summed E-state index contributed by atoms with van der Waals surface area (Å²) in [6.45, 7) is -0.200. The smallest absolute Gasteiger partial charge is 0.343 e. The third-order valence-corrected chi connectivity index (χ3v) is 2.14. The van der Waals surface area contributed by atoms with Crippen LogP contribution in [0.1, 0.15) is 5.56 Å². The van der Waals surface area contributed by atoms with Gasteiger partial charge in [0.2, 0.25) is 5.96 Å². The summed E-state index contributed by atoms with van der Waals surface area (Å²) in [6, 6.07) is 5.01. The zero-order valence-electron chi connectivity index (χ0n) is 11.2. The molecule has 0 amide bonds. The highest BCUT2D eigenvalue weighted by Crippen LogP contribution is 2.27. The van der Waals surface area contributed by atoms with Crippen molar-refractivity contribution >= 4 is 18.1 Å². The Hall–Kier alpha value is -2.77. The Balaban J connectivity index is 2.82. The van der Waals surface area contributed by atoms with Gasteiger partial charge in [-0.05, 0) is 23.8 Å². The minimum absolute atomic E-state index is 0.133. The van der Waals surface area contributed by atoms with E-state index in [0.717, 1.165) is 0 Å². The lowest BCUT2D eigenvalue weighted by Crippen LogP contribution is -2.21. The molecule has 0 unspecified atom stereocenters. The van der Waals surface area contributed by atoms with E-state index < -0.39 is 5.97 Å². The second kappa shape index (κ2) is 7.62. The van der Waals surface area contributed by atoms with Crippen LogP contribution in [0.15, 0.2) is 28.4 Å². The molecule has 0 saturated heterocycles. The molecule has 1 aromatic carbocycles. The van der Waals surface area contributed by atoms with E-state index in [4.69, 9.17) is 20.9 Å². The van der Waals surface area contributed by atoms with E-state index in [1.165, 1.54) is 20.4 Å². The summed E-state index contributed by atoms with van der Waals surface area (Å²) in [4.78, 5) is 11.0. The molecule has 0 aliphatic heterocycles. The number of esters is 1. The van der Waals surface area contributed by atoms with Gasteiger partial charge in [-0.3, -0.25) is 0 Å². The van der Waals surface area contributed by atoms with Crippen LogP contribution in [0, 0.1) is 0 Å². The molecule has 0 aromatic heterocycles. The van der Waals surface area contributed by atoms with Crippen molar-refractivity contribution in [1.82, 2.24) is 0 Å². The number of benzene rings is 1. The monoisotopic (exact) mass is 280 g/mol. The first-order chi connectivity index (χ1) is 9.56. The van der Waals surface area contributed by atoms with Gasteiger partial charge >= 0.3 is 5.97 Å². The van der Waals surface area contributed by atoms with Crippen LogP contribution in [0.25, 0.3) is 0 Å². The maximum Gasteiger partial charge on any atom is 0.343 e. The molecule has 1 rings (SSSR count). The van der Waals surface area contributed by atoms with E-state index in [-0.39, 0.29) is 12.6 Å². The fraction of sp³-hybridized carbons (Fsp3) is 0.250. The number of carbonyl (C=O) groups is 1. The van der Waals surface area contributed by atoms with E-state index in [0.29, 0.717) is 17.1 Å². The zero-order valence-corrected chi connectivity index (χ0v) is 11.2. The molecule has 0 aliphatic carbocycles. The summed E-state index contributed by atoms with van der Waals surface area (Å²) in [7, 11) is 2.77. The first-order valence-electron chi connectivity index (χ1n) is 5.56. The minimum atomic E-state index is -0.481. The third-order valence-electron chi connectivity index (χ3n) is 2.14. The Morgan fingerprint density at radius 2 is 2.05 bits per heavy atom. The van der Waals surface area contributed by atoms with Gasteiger partial charge in [-0.2, -0.15) is 5.10 Å². The molecule has 8 nitrogen and oxygen atoms in total. The van der Waals surface area contributed by atoms with Crippen molar-refractivity contribution in [3.8, 4) is 11.5 Å². The van der Waals surface area contributed by atoms with Crippen LogP contribution in [0.2, 0.25) is 0 Å². The molecule has 0 aliphatic rings. The van der Waals surface area contributed by atoms with Crippen LogP contribution in [-0.4, -0.2) is 39.0 Å². The Morgan fingerprint density at radius 3 is 2.65 bits per heavy atom. The van der Waals surface area contributed by atoms with Crippen molar-refractivity contribution in [3.05, 3.63) is 23.8 Å². The van der Waals surface area contributed by atoms with Gasteiger partial charge in [0.05, 0.1) is 20.4 Å². The predicted molar refractivity (Wildman–Crippen MR) is 73.9 cm³/mol. The fourth-order valence-electron chi connectivity index (χ4n) is 1.24. The Kier molecular flexibility index (Phi) is 5.82. The molecule has 0 bridgehead atoms. The van der Waals surface area contributed by atoms with Crippen molar-refractivity contribution < 1.29 is 19.0 Å². The van der Waals surface area contributed by atoms with Crippen LogP contribution >= 0.6 is 0 Å². The lowest BCUT2D eigenvalue weighted by Gasteiger charge is -2.10. The molecule has 20 heavy (non-hydrogen) atoms. The van der Waals surface area contributed by atoms with Gasteiger partial charge in [0, 0.05) is 0 Å². The maximum atomic E-state index is 11.0. The second-order valence-electron chi connectivity index (χ2n) is 3.54. The van der Waals surface area contributed by atoms with Crippen molar-refractivity contribution in [3.63, 3.8) is 0 Å². The van der Waals surface area contributed by atoms with Gasteiger partial charge in [0.25, 0.3) is 0 Å². The van der Waals surface area contributed by atoms with E-state index in [9.17, 15) is 4.79 Å². The average molecular weight is 280 g/mol. The molecule has 108 valence electrons. The van der Waals surface area contributed by atoms with E-state index in [2.05, 4.69) is 14.9 Å². The molecule has 0 atom stereocenters. The fourth-order valence-corrected chi connectivity index (χ4v) is 1.24. The summed E-state index contributed by atoms with van der Waals surface area (Å²) >= 11 is 0. The first kappa shape index (κ1) is 15.3. The lowest BCUT2D eigenvalue weighted by atomic mass is 10.2. The van der Waals surface area contributed by atoms with Gasteiger partial charge in [0.15, 0.2) is 18.1 Å². The highest BCUT2D eigenvalue weighted by molar-refractivity contribution is 5.82. The number of rotatable bonds is 6. The Bertz CT molecular complexity index is 524. The van der Waals surface area contributed by atoms with Gasteiger partial charge in [-0.15, -0.1) is 5.10 Å². The summed E-state index contributed by atoms with van der Waals surface area (Å²) in [6.07, 6.45) is 1.45. The largest absolute Gasteiger partial charge is 0.493 e. The number of carbonyl (C=O) groups excluding carboxylic acids is 1. The minimum Gasteiger partial charge on any atom is -0.493 e. The number of guanidine groups is 1. The molecular formula is C12H16N4O4. The lowest BCUT2D eigenvalue weighted by molar-refractivity contribution is -0.142. The summed E-state index contributed by atoms with van der Waals surface area (Å²) < 4.78 is 14.9. The number of methoxy groups -OCH3 is 2. The van der Waals surface area contributed by atoms with Crippen molar-refractivity contribution in [2.24, 2.45) is 21.7 Å². The van der Waals surface area contributed by atoms with E-state index in [1.807, 2.05) is 0 Å². The number of ether oxygens (including phenoxy) is 3. The topological polar surface area (TPSA) is 122 Å². The van der Waals surface area contributed by atoms with E-state index in [1.54, 1.807) is 18.2 Å². The molecule has 0 fully saturated rings. The molecular weight excluding hydrogens is 264 g/mol. The molecule has 1 aromatic rings. The second-order valence-corrected chi connectivity index (χ2v) is 3.54. The SMILES string of the molecule is COC(=O)COc1ccc(C=NN=C(N)N)cc1OC. The van der Waals surface area contributed by atoms with Crippen LogP contribution in [-0.2, 0) is 9.53 Å². The van der Waals surface area contributed by atoms with Crippen molar-refractivity contribution in [2.45, 2.75) is 0 Å². The number of hydrogen-bond acceptors (Lipinski definition) is 6. The van der Waals surface area contributed by atoms with Crippen molar-refractivity contribution in [1.29, 1.82) is 0 Å². The molecule has 0 heterocycles. The van der Waals surface area contributed by atoms with Crippen LogP contribution < -0.4 is 20.9 Å². The summed E-state index contributed by atoms with van der Waals surface area (Å²) in [5, 5.41) is 7.15. The average Bonchev–Trinajstić information content (AvgIpc) is 2.44. The summed E-state index contributed by atoms with van der Waals surface area (Å²) in [5.41, 5.74) is 11.0. The summed E-state index contributed by atoms with van der Waals surface area (Å²) in [5.74, 6) is 0.246. The third kappa shape index (κ3) is 4.84. The Morgan fingerprint density at radius 1 is 1.30 bits per heavy atom. The normalized spacial score (nSPS) is 10.1. The number of nitrogens with zero attached hydrogens (tertiary/aromatic N) is 2. The quantitative estimate of drug-likeness (QED) is 0.323. The first-order valence-corrected chi connectivity index (χ1v) is 5.56. The predicted octanol–water partition coefficient (Wildman–Crippen LogP) is -0.146. The van der Waals surface area contributed by atoms with E-state index >= 15 is 0 Å². The van der Waals surface area contributed by atoms with Crippen molar-refractivity contribution in [2.75, 3.05) is 20.8 Å². The highest BCUT2D eigenvalue weighted by Gasteiger charge is 2.08.